The Morgan fingerprint density at radius 3 is 2.37 bits per heavy atom. The average Bonchev–Trinajstić information content (AvgIpc) is 3.48. The quantitative estimate of drug-likeness (QED) is 0.228. The molecule has 1 aliphatic rings. The molecule has 0 spiro atoms. The van der Waals surface area contributed by atoms with Gasteiger partial charge in [0.15, 0.2) is 0 Å². The van der Waals surface area contributed by atoms with E-state index < -0.39 is 23.8 Å². The topological polar surface area (TPSA) is 110 Å². The van der Waals surface area contributed by atoms with Crippen LogP contribution in [0, 0.1) is 5.82 Å². The Labute approximate surface area is 268 Å². The monoisotopic (exact) mass is 628 g/mol. The van der Waals surface area contributed by atoms with Crippen LogP contribution in [0.5, 0.6) is 5.75 Å². The largest absolute Gasteiger partial charge is 0.492 e. The van der Waals surface area contributed by atoms with E-state index in [9.17, 15) is 18.8 Å². The first-order chi connectivity index (χ1) is 22.1. The molecule has 1 aliphatic heterocycles. The predicted octanol–water partition coefficient (Wildman–Crippen LogP) is 5.05. The van der Waals surface area contributed by atoms with Gasteiger partial charge in [0.2, 0.25) is 5.91 Å². The van der Waals surface area contributed by atoms with Gasteiger partial charge in [0.25, 0.3) is 5.91 Å². The van der Waals surface area contributed by atoms with Crippen molar-refractivity contribution in [3.05, 3.63) is 95.4 Å². The Kier molecular flexibility index (Phi) is 10.2. The number of nitrogens with zero attached hydrogens (tertiary/aromatic N) is 3. The van der Waals surface area contributed by atoms with Gasteiger partial charge in [0.05, 0.1) is 12.3 Å². The number of aromatic amines is 1. The van der Waals surface area contributed by atoms with E-state index in [1.165, 1.54) is 24.3 Å². The Hall–Kier alpha value is -4.90. The molecule has 0 aliphatic carbocycles. The predicted molar refractivity (Wildman–Crippen MR) is 177 cm³/mol. The number of anilines is 1. The summed E-state index contributed by atoms with van der Waals surface area (Å²) in [5, 5.41) is 7.02. The second-order valence-electron chi connectivity index (χ2n) is 11.8. The van der Waals surface area contributed by atoms with E-state index >= 15 is 0 Å². The summed E-state index contributed by atoms with van der Waals surface area (Å²) in [6.07, 6.45) is 1.88. The molecule has 242 valence electrons. The normalized spacial score (nSPS) is 14.7. The van der Waals surface area contributed by atoms with Crippen LogP contribution in [0.25, 0.3) is 10.9 Å². The Bertz CT molecular complexity index is 1680. The second kappa shape index (κ2) is 14.5. The van der Waals surface area contributed by atoms with Crippen molar-refractivity contribution in [3.8, 4) is 5.75 Å². The number of ether oxygens (including phenoxy) is 1. The zero-order valence-electron chi connectivity index (χ0n) is 26.7. The van der Waals surface area contributed by atoms with E-state index in [0.717, 1.165) is 22.0 Å². The number of amides is 4. The standard InChI is InChI=1S/C35H41FN6O4/c1-5-46-31-15-10-24(22-40(3)4)20-30(31)38-33(43)32(23(2)28-21-37-29-9-7-6-8-27(28)29)39-35(45)42-18-16-41(17-19-42)34(44)25-11-13-26(36)14-12-25/h6-15,20-21,23,32,37H,5,16-19,22H2,1-4H3,(H,38,43)(H,39,45)/t23-,32+/m0/s1. The third kappa shape index (κ3) is 7.48. The van der Waals surface area contributed by atoms with Crippen LogP contribution in [-0.4, -0.2) is 90.5 Å². The lowest BCUT2D eigenvalue weighted by molar-refractivity contribution is -0.118. The van der Waals surface area contributed by atoms with Gasteiger partial charge in [-0.05, 0) is 74.6 Å². The molecule has 1 saturated heterocycles. The number of carbonyl (C=O) groups is 3. The molecule has 4 aromatic rings. The summed E-state index contributed by atoms with van der Waals surface area (Å²) in [4.78, 5) is 49.3. The summed E-state index contributed by atoms with van der Waals surface area (Å²) in [5.41, 5.74) is 3.76. The molecule has 3 aromatic carbocycles. The number of piperazine rings is 1. The lowest BCUT2D eigenvalue weighted by Gasteiger charge is -2.36. The molecule has 10 nitrogen and oxygen atoms in total. The molecule has 46 heavy (non-hydrogen) atoms. The van der Waals surface area contributed by atoms with Crippen LogP contribution in [0.3, 0.4) is 0 Å². The maximum Gasteiger partial charge on any atom is 0.318 e. The number of aromatic nitrogens is 1. The number of rotatable bonds is 10. The first kappa shape index (κ1) is 32.5. The highest BCUT2D eigenvalue weighted by Gasteiger charge is 2.33. The van der Waals surface area contributed by atoms with Crippen molar-refractivity contribution < 1.29 is 23.5 Å². The van der Waals surface area contributed by atoms with Crippen LogP contribution >= 0.6 is 0 Å². The molecule has 5 rings (SSSR count). The minimum atomic E-state index is -0.933. The summed E-state index contributed by atoms with van der Waals surface area (Å²) < 4.78 is 19.2. The van der Waals surface area contributed by atoms with E-state index in [1.807, 2.05) is 81.5 Å². The van der Waals surface area contributed by atoms with Crippen LogP contribution < -0.4 is 15.4 Å². The molecular formula is C35H41FN6O4. The Balaban J connectivity index is 1.35. The summed E-state index contributed by atoms with van der Waals surface area (Å²) >= 11 is 0. The van der Waals surface area contributed by atoms with Gasteiger partial charge in [-0.1, -0.05) is 31.2 Å². The number of H-pyrrole nitrogens is 1. The maximum absolute atomic E-state index is 14.1. The van der Waals surface area contributed by atoms with Crippen LogP contribution in [0.2, 0.25) is 0 Å². The van der Waals surface area contributed by atoms with Gasteiger partial charge < -0.3 is 35.1 Å². The number of fused-ring (bicyclic) bond motifs is 1. The zero-order chi connectivity index (χ0) is 32.8. The van der Waals surface area contributed by atoms with Crippen molar-refractivity contribution >= 4 is 34.4 Å². The number of hydrogen-bond acceptors (Lipinski definition) is 5. The molecule has 2 heterocycles. The lowest BCUT2D eigenvalue weighted by atomic mass is 9.92. The van der Waals surface area contributed by atoms with Crippen molar-refractivity contribution in [3.63, 3.8) is 0 Å². The van der Waals surface area contributed by atoms with Gasteiger partial charge in [0.1, 0.15) is 17.6 Å². The third-order valence-electron chi connectivity index (χ3n) is 8.22. The molecule has 11 heteroatoms. The van der Waals surface area contributed by atoms with E-state index in [0.29, 0.717) is 43.2 Å². The molecule has 1 fully saturated rings. The Morgan fingerprint density at radius 1 is 0.978 bits per heavy atom. The summed E-state index contributed by atoms with van der Waals surface area (Å²) in [7, 11) is 3.95. The number of nitrogens with one attached hydrogen (secondary N) is 3. The van der Waals surface area contributed by atoms with Crippen molar-refractivity contribution in [2.45, 2.75) is 32.4 Å². The van der Waals surface area contributed by atoms with Crippen LogP contribution in [-0.2, 0) is 11.3 Å². The highest BCUT2D eigenvalue weighted by atomic mass is 19.1. The average molecular weight is 629 g/mol. The highest BCUT2D eigenvalue weighted by molar-refractivity contribution is 5.99. The molecule has 0 bridgehead atoms. The molecule has 3 N–H and O–H groups in total. The van der Waals surface area contributed by atoms with E-state index in [-0.39, 0.29) is 24.9 Å². The van der Waals surface area contributed by atoms with Crippen molar-refractivity contribution in [2.24, 2.45) is 0 Å². The van der Waals surface area contributed by atoms with Gasteiger partial charge in [0, 0.05) is 61.3 Å². The van der Waals surface area contributed by atoms with Crippen LogP contribution in [0.4, 0.5) is 14.9 Å². The fourth-order valence-corrected chi connectivity index (χ4v) is 5.81. The fraction of sp³-hybridized carbons (Fsp3) is 0.343. The van der Waals surface area contributed by atoms with E-state index in [1.54, 1.807) is 9.80 Å². The van der Waals surface area contributed by atoms with Crippen molar-refractivity contribution in [2.75, 3.05) is 52.2 Å². The number of para-hydroxylation sites is 1. The first-order valence-electron chi connectivity index (χ1n) is 15.5. The lowest BCUT2D eigenvalue weighted by Crippen LogP contribution is -2.57. The molecular weight excluding hydrogens is 587 g/mol. The number of hydrogen-bond donors (Lipinski definition) is 3. The molecule has 2 atom stereocenters. The summed E-state index contributed by atoms with van der Waals surface area (Å²) in [6.45, 7) is 6.11. The van der Waals surface area contributed by atoms with Gasteiger partial charge in [-0.2, -0.15) is 0 Å². The van der Waals surface area contributed by atoms with E-state index in [2.05, 4.69) is 15.6 Å². The van der Waals surface area contributed by atoms with Crippen molar-refractivity contribution in [1.82, 2.24) is 25.0 Å². The molecule has 0 saturated carbocycles. The molecule has 0 unspecified atom stereocenters. The van der Waals surface area contributed by atoms with E-state index in [4.69, 9.17) is 4.74 Å². The summed E-state index contributed by atoms with van der Waals surface area (Å²) in [5.74, 6) is -0.855. The molecule has 1 aromatic heterocycles. The smallest absolute Gasteiger partial charge is 0.318 e. The van der Waals surface area contributed by atoms with Gasteiger partial charge >= 0.3 is 6.03 Å². The second-order valence-corrected chi connectivity index (χ2v) is 11.8. The SMILES string of the molecule is CCOc1ccc(CN(C)C)cc1NC(=O)[C@H](NC(=O)N1CCN(C(=O)c2ccc(F)cc2)CC1)[C@@H](C)c1c[nH]c2ccccc12. The van der Waals surface area contributed by atoms with Gasteiger partial charge in [-0.3, -0.25) is 9.59 Å². The summed E-state index contributed by atoms with van der Waals surface area (Å²) in [6, 6.07) is 17.7. The third-order valence-corrected chi connectivity index (χ3v) is 8.22. The number of urea groups is 1. The van der Waals surface area contributed by atoms with Gasteiger partial charge in [-0.15, -0.1) is 0 Å². The van der Waals surface area contributed by atoms with Crippen LogP contribution in [0.1, 0.15) is 41.3 Å². The fourth-order valence-electron chi connectivity index (χ4n) is 5.81. The minimum Gasteiger partial charge on any atom is -0.492 e. The minimum absolute atomic E-state index is 0.216. The molecule has 0 radical (unpaired) electrons. The molecule has 4 amide bonds. The number of carbonyl (C=O) groups excluding carboxylic acids is 3. The van der Waals surface area contributed by atoms with Gasteiger partial charge in [-0.25, -0.2) is 9.18 Å². The zero-order valence-corrected chi connectivity index (χ0v) is 26.7. The van der Waals surface area contributed by atoms with Crippen LogP contribution in [0.15, 0.2) is 72.9 Å². The number of benzene rings is 3. The Morgan fingerprint density at radius 2 is 1.67 bits per heavy atom. The highest BCUT2D eigenvalue weighted by Crippen LogP contribution is 2.31. The van der Waals surface area contributed by atoms with Crippen molar-refractivity contribution in [1.29, 1.82) is 0 Å². The number of halogens is 1. The first-order valence-corrected chi connectivity index (χ1v) is 15.5. The maximum atomic E-state index is 14.1.